The number of rotatable bonds is 0. The Bertz CT molecular complexity index is 516. The van der Waals surface area contributed by atoms with Crippen LogP contribution in [0.3, 0.4) is 0 Å². The van der Waals surface area contributed by atoms with Gasteiger partial charge in [-0.05, 0) is 42.0 Å². The molecule has 1 unspecified atom stereocenters. The summed E-state index contributed by atoms with van der Waals surface area (Å²) in [5.41, 5.74) is 3.73. The Hall–Kier alpha value is -1.35. The zero-order valence-corrected chi connectivity index (χ0v) is 12.0. The highest BCUT2D eigenvalue weighted by molar-refractivity contribution is 5.96. The third-order valence-corrected chi connectivity index (χ3v) is 4.27. The van der Waals surface area contributed by atoms with Gasteiger partial charge in [-0.3, -0.25) is 9.69 Å². The first-order valence-electron chi connectivity index (χ1n) is 7.13. The maximum absolute atomic E-state index is 12.2. The maximum atomic E-state index is 12.2. The lowest BCUT2D eigenvalue weighted by Crippen LogP contribution is -2.36. The number of carbonyl (C=O) groups excluding carboxylic acids is 1. The third-order valence-electron chi connectivity index (χ3n) is 4.27. The summed E-state index contributed by atoms with van der Waals surface area (Å²) in [6, 6.07) is 6.53. The van der Waals surface area contributed by atoms with Crippen molar-refractivity contribution in [1.82, 2.24) is 4.90 Å². The standard InChI is InChI=1S/C16H22N2O/c1-16(2,3)12-6-7-13-11(9-12)10-18-8-4-5-14(18)15(19)17-13/h6-7,9,14H,4-5,8,10H2,1-3H3,(H,17,19). The molecule has 1 N–H and O–H groups in total. The molecule has 0 aromatic heterocycles. The van der Waals surface area contributed by atoms with Crippen LogP contribution in [0.4, 0.5) is 5.69 Å². The molecule has 3 rings (SSSR count). The molecule has 0 saturated carbocycles. The molecule has 102 valence electrons. The number of hydrogen-bond donors (Lipinski definition) is 1. The molecule has 3 heteroatoms. The van der Waals surface area contributed by atoms with Gasteiger partial charge in [-0.2, -0.15) is 0 Å². The van der Waals surface area contributed by atoms with Crippen molar-refractivity contribution in [2.45, 2.75) is 51.6 Å². The van der Waals surface area contributed by atoms with Gasteiger partial charge in [0.1, 0.15) is 0 Å². The lowest BCUT2D eigenvalue weighted by molar-refractivity contribution is -0.120. The summed E-state index contributed by atoms with van der Waals surface area (Å²) in [5, 5.41) is 3.09. The fourth-order valence-corrected chi connectivity index (χ4v) is 3.06. The first-order valence-corrected chi connectivity index (χ1v) is 7.13. The van der Waals surface area contributed by atoms with Crippen LogP contribution >= 0.6 is 0 Å². The highest BCUT2D eigenvalue weighted by Crippen LogP contribution is 2.32. The van der Waals surface area contributed by atoms with Crippen LogP contribution in [0, 0.1) is 0 Å². The van der Waals surface area contributed by atoms with E-state index in [-0.39, 0.29) is 17.4 Å². The summed E-state index contributed by atoms with van der Waals surface area (Å²) >= 11 is 0. The van der Waals surface area contributed by atoms with E-state index in [1.54, 1.807) is 0 Å². The summed E-state index contributed by atoms with van der Waals surface area (Å²) < 4.78 is 0. The zero-order valence-electron chi connectivity index (χ0n) is 12.0. The van der Waals surface area contributed by atoms with Gasteiger partial charge in [0, 0.05) is 12.2 Å². The Morgan fingerprint density at radius 3 is 2.84 bits per heavy atom. The summed E-state index contributed by atoms with van der Waals surface area (Å²) in [4.78, 5) is 14.5. The van der Waals surface area contributed by atoms with Crippen LogP contribution in [0.25, 0.3) is 0 Å². The van der Waals surface area contributed by atoms with Gasteiger partial charge in [0.2, 0.25) is 5.91 Å². The number of hydrogen-bond acceptors (Lipinski definition) is 2. The number of benzene rings is 1. The molecule has 1 atom stereocenters. The van der Waals surface area contributed by atoms with E-state index >= 15 is 0 Å². The molecule has 0 spiro atoms. The topological polar surface area (TPSA) is 32.3 Å². The Balaban J connectivity index is 1.99. The second-order valence-electron chi connectivity index (χ2n) is 6.74. The van der Waals surface area contributed by atoms with Gasteiger partial charge in [-0.15, -0.1) is 0 Å². The predicted octanol–water partition coefficient (Wildman–Crippen LogP) is 2.90. The number of nitrogens with one attached hydrogen (secondary N) is 1. The van der Waals surface area contributed by atoms with Crippen molar-refractivity contribution >= 4 is 11.6 Å². The van der Waals surface area contributed by atoms with Crippen LogP contribution in [-0.2, 0) is 16.8 Å². The van der Waals surface area contributed by atoms with Crippen LogP contribution in [0.1, 0.15) is 44.7 Å². The van der Waals surface area contributed by atoms with Gasteiger partial charge >= 0.3 is 0 Å². The van der Waals surface area contributed by atoms with E-state index in [9.17, 15) is 4.79 Å². The second-order valence-corrected chi connectivity index (χ2v) is 6.74. The minimum atomic E-state index is 0.0745. The molecule has 1 aromatic rings. The molecule has 2 heterocycles. The van der Waals surface area contributed by atoms with Crippen molar-refractivity contribution < 1.29 is 4.79 Å². The number of nitrogens with zero attached hydrogens (tertiary/aromatic N) is 1. The normalized spacial score (nSPS) is 23.5. The number of fused-ring (bicyclic) bond motifs is 2. The van der Waals surface area contributed by atoms with E-state index < -0.39 is 0 Å². The number of carbonyl (C=O) groups is 1. The smallest absolute Gasteiger partial charge is 0.241 e. The molecule has 1 fully saturated rings. The second kappa shape index (κ2) is 4.34. The van der Waals surface area contributed by atoms with Crippen LogP contribution in [0.15, 0.2) is 18.2 Å². The van der Waals surface area contributed by atoms with Crippen molar-refractivity contribution in [2.75, 3.05) is 11.9 Å². The summed E-state index contributed by atoms with van der Waals surface area (Å²) in [7, 11) is 0. The lowest BCUT2D eigenvalue weighted by Gasteiger charge is -2.22. The number of anilines is 1. The van der Waals surface area contributed by atoms with Crippen LogP contribution < -0.4 is 5.32 Å². The van der Waals surface area contributed by atoms with E-state index in [1.807, 2.05) is 0 Å². The molecule has 19 heavy (non-hydrogen) atoms. The van der Waals surface area contributed by atoms with Crippen molar-refractivity contribution in [2.24, 2.45) is 0 Å². The summed E-state index contributed by atoms with van der Waals surface area (Å²) in [6.45, 7) is 8.61. The highest BCUT2D eigenvalue weighted by Gasteiger charge is 2.34. The zero-order chi connectivity index (χ0) is 13.6. The molecule has 1 aromatic carbocycles. The fraction of sp³-hybridized carbons (Fsp3) is 0.562. The summed E-state index contributed by atoms with van der Waals surface area (Å²) in [5.74, 6) is 0.166. The summed E-state index contributed by atoms with van der Waals surface area (Å²) in [6.07, 6.45) is 2.12. The van der Waals surface area contributed by atoms with E-state index in [0.29, 0.717) is 0 Å². The fourth-order valence-electron chi connectivity index (χ4n) is 3.06. The average Bonchev–Trinajstić information content (AvgIpc) is 2.73. The monoisotopic (exact) mass is 258 g/mol. The molecule has 1 amide bonds. The van der Waals surface area contributed by atoms with Gasteiger partial charge in [0.05, 0.1) is 6.04 Å². The van der Waals surface area contributed by atoms with E-state index in [1.165, 1.54) is 11.1 Å². The SMILES string of the molecule is CC(C)(C)c1ccc2c(c1)CN1CCCC1C(=O)N2. The molecular formula is C16H22N2O. The predicted molar refractivity (Wildman–Crippen MR) is 77.2 cm³/mol. The molecule has 0 bridgehead atoms. The van der Waals surface area contributed by atoms with Gasteiger partial charge in [0.25, 0.3) is 0 Å². The molecule has 2 aliphatic rings. The molecule has 3 nitrogen and oxygen atoms in total. The van der Waals surface area contributed by atoms with Crippen LogP contribution in [0.5, 0.6) is 0 Å². The quantitative estimate of drug-likeness (QED) is 0.776. The molecule has 0 radical (unpaired) electrons. The average molecular weight is 258 g/mol. The van der Waals surface area contributed by atoms with Gasteiger partial charge in [-0.1, -0.05) is 32.9 Å². The molecule has 0 aliphatic carbocycles. The van der Waals surface area contributed by atoms with Crippen LogP contribution in [-0.4, -0.2) is 23.4 Å². The van der Waals surface area contributed by atoms with Gasteiger partial charge in [-0.25, -0.2) is 0 Å². The van der Waals surface area contributed by atoms with Gasteiger partial charge < -0.3 is 5.32 Å². The molecule has 2 aliphatic heterocycles. The maximum Gasteiger partial charge on any atom is 0.241 e. The highest BCUT2D eigenvalue weighted by atomic mass is 16.2. The van der Waals surface area contributed by atoms with Gasteiger partial charge in [0.15, 0.2) is 0 Å². The lowest BCUT2D eigenvalue weighted by atomic mass is 9.86. The molecular weight excluding hydrogens is 236 g/mol. The Morgan fingerprint density at radius 2 is 2.11 bits per heavy atom. The third kappa shape index (κ3) is 2.27. The first kappa shape index (κ1) is 12.7. The van der Waals surface area contributed by atoms with E-state index in [4.69, 9.17) is 0 Å². The Kier molecular flexibility index (Phi) is 2.90. The minimum Gasteiger partial charge on any atom is -0.324 e. The van der Waals surface area contributed by atoms with Crippen molar-refractivity contribution in [3.63, 3.8) is 0 Å². The molecule has 1 saturated heterocycles. The largest absolute Gasteiger partial charge is 0.324 e. The van der Waals surface area contributed by atoms with Crippen molar-refractivity contribution in [1.29, 1.82) is 0 Å². The first-order chi connectivity index (χ1) is 8.95. The van der Waals surface area contributed by atoms with E-state index in [2.05, 4.69) is 49.2 Å². The Labute approximate surface area is 115 Å². The van der Waals surface area contributed by atoms with Crippen molar-refractivity contribution in [3.05, 3.63) is 29.3 Å². The number of amides is 1. The Morgan fingerprint density at radius 1 is 1.32 bits per heavy atom. The van der Waals surface area contributed by atoms with Crippen molar-refractivity contribution in [3.8, 4) is 0 Å². The van der Waals surface area contributed by atoms with Crippen LogP contribution in [0.2, 0.25) is 0 Å². The van der Waals surface area contributed by atoms with E-state index in [0.717, 1.165) is 31.6 Å². The minimum absolute atomic E-state index is 0.0745.